The van der Waals surface area contributed by atoms with Gasteiger partial charge in [-0.2, -0.15) is 0 Å². The first-order chi connectivity index (χ1) is 13.8. The molecule has 0 saturated heterocycles. The molecule has 1 amide bonds. The molecule has 0 heterocycles. The molecule has 2 aromatic rings. The van der Waals surface area contributed by atoms with Gasteiger partial charge < -0.3 is 19.7 Å². The highest BCUT2D eigenvalue weighted by molar-refractivity contribution is 7.92. The number of carbonyl (C=O) groups is 1. The van der Waals surface area contributed by atoms with Crippen LogP contribution in [-0.4, -0.2) is 67.2 Å². The number of hydrogen-bond acceptors (Lipinski definition) is 6. The summed E-state index contributed by atoms with van der Waals surface area (Å²) < 4.78 is 38.3. The summed E-state index contributed by atoms with van der Waals surface area (Å²) in [5, 5.41) is 2.75. The second kappa shape index (κ2) is 10.1. The Labute approximate surface area is 172 Å². The van der Waals surface area contributed by atoms with Gasteiger partial charge in [0.2, 0.25) is 5.91 Å². The van der Waals surface area contributed by atoms with Crippen LogP contribution in [0.4, 0.5) is 5.69 Å². The molecule has 0 saturated carbocycles. The van der Waals surface area contributed by atoms with Crippen molar-refractivity contribution in [2.75, 3.05) is 52.3 Å². The van der Waals surface area contributed by atoms with E-state index >= 15 is 0 Å². The van der Waals surface area contributed by atoms with Crippen LogP contribution in [0.2, 0.25) is 0 Å². The van der Waals surface area contributed by atoms with Gasteiger partial charge in [0.25, 0.3) is 10.0 Å². The Hall–Kier alpha value is -2.78. The number of amides is 1. The summed E-state index contributed by atoms with van der Waals surface area (Å²) in [6.45, 7) is 0.668. The summed E-state index contributed by atoms with van der Waals surface area (Å²) in [4.78, 5) is 14.5. The van der Waals surface area contributed by atoms with Crippen LogP contribution >= 0.6 is 0 Å². The van der Waals surface area contributed by atoms with Crippen molar-refractivity contribution in [3.8, 4) is 11.5 Å². The Morgan fingerprint density at radius 1 is 1.03 bits per heavy atom. The maximum atomic E-state index is 13.3. The molecule has 0 unspecified atom stereocenters. The average molecular weight is 422 g/mol. The zero-order valence-corrected chi connectivity index (χ0v) is 17.9. The lowest BCUT2D eigenvalue weighted by Crippen LogP contribution is -2.42. The minimum atomic E-state index is -4.00. The number of methoxy groups -OCH3 is 2. The number of hydrogen-bond donors (Lipinski definition) is 1. The van der Waals surface area contributed by atoms with Gasteiger partial charge in [-0.15, -0.1) is 0 Å². The van der Waals surface area contributed by atoms with Gasteiger partial charge in [-0.05, 0) is 38.4 Å². The van der Waals surface area contributed by atoms with Gasteiger partial charge in [0.1, 0.15) is 18.0 Å². The second-order valence-corrected chi connectivity index (χ2v) is 8.38. The summed E-state index contributed by atoms with van der Waals surface area (Å²) in [6, 6.07) is 12.7. The van der Waals surface area contributed by atoms with Crippen LogP contribution in [0.15, 0.2) is 53.4 Å². The van der Waals surface area contributed by atoms with Crippen LogP contribution in [0.5, 0.6) is 11.5 Å². The van der Waals surface area contributed by atoms with E-state index in [2.05, 4.69) is 5.32 Å². The van der Waals surface area contributed by atoms with Crippen molar-refractivity contribution in [3.05, 3.63) is 48.5 Å². The van der Waals surface area contributed by atoms with Crippen LogP contribution in [0, 0.1) is 0 Å². The van der Waals surface area contributed by atoms with E-state index in [1.54, 1.807) is 36.4 Å². The predicted molar refractivity (Wildman–Crippen MR) is 112 cm³/mol. The standard InChI is InChI=1S/C20H27N3O5S/c1-22(2)13-12-21-20(24)15-23(29(25,26)17-8-6-5-7-9-17)18-11-10-16(27-3)14-19(18)28-4/h5-11,14H,12-13,15H2,1-4H3,(H,21,24). The van der Waals surface area contributed by atoms with E-state index in [9.17, 15) is 13.2 Å². The van der Waals surface area contributed by atoms with Gasteiger partial charge in [-0.25, -0.2) is 8.42 Å². The van der Waals surface area contributed by atoms with Gasteiger partial charge in [-0.3, -0.25) is 9.10 Å². The Kier molecular flexibility index (Phi) is 7.86. The zero-order valence-electron chi connectivity index (χ0n) is 17.1. The van der Waals surface area contributed by atoms with Crippen molar-refractivity contribution in [1.29, 1.82) is 0 Å². The largest absolute Gasteiger partial charge is 0.497 e. The van der Waals surface area contributed by atoms with E-state index in [1.807, 2.05) is 19.0 Å². The lowest BCUT2D eigenvalue weighted by molar-refractivity contribution is -0.119. The first kappa shape index (κ1) is 22.5. The maximum Gasteiger partial charge on any atom is 0.264 e. The smallest absolute Gasteiger partial charge is 0.264 e. The molecule has 8 nitrogen and oxygen atoms in total. The van der Waals surface area contributed by atoms with Gasteiger partial charge in [0, 0.05) is 19.2 Å². The highest BCUT2D eigenvalue weighted by atomic mass is 32.2. The molecule has 0 aliphatic carbocycles. The fraction of sp³-hybridized carbons (Fsp3) is 0.350. The van der Waals surface area contributed by atoms with Gasteiger partial charge in [0.15, 0.2) is 0 Å². The molecule has 0 aromatic heterocycles. The normalized spacial score (nSPS) is 11.2. The lowest BCUT2D eigenvalue weighted by atomic mass is 10.2. The Balaban J connectivity index is 2.43. The van der Waals surface area contributed by atoms with Crippen molar-refractivity contribution in [1.82, 2.24) is 10.2 Å². The van der Waals surface area contributed by atoms with E-state index in [4.69, 9.17) is 9.47 Å². The minimum absolute atomic E-state index is 0.0824. The van der Waals surface area contributed by atoms with Gasteiger partial charge in [0.05, 0.1) is 24.8 Å². The first-order valence-electron chi connectivity index (χ1n) is 9.01. The van der Waals surface area contributed by atoms with Crippen LogP contribution < -0.4 is 19.1 Å². The molecule has 1 N–H and O–H groups in total. The van der Waals surface area contributed by atoms with Crippen molar-refractivity contribution in [2.24, 2.45) is 0 Å². The summed E-state index contributed by atoms with van der Waals surface area (Å²) in [7, 11) is 2.72. The summed E-state index contributed by atoms with van der Waals surface area (Å²) in [5.74, 6) is 0.382. The fourth-order valence-electron chi connectivity index (χ4n) is 2.62. The zero-order chi connectivity index (χ0) is 21.4. The SMILES string of the molecule is COc1ccc(N(CC(=O)NCCN(C)C)S(=O)(=O)c2ccccc2)c(OC)c1. The highest BCUT2D eigenvalue weighted by Gasteiger charge is 2.29. The molecular weight excluding hydrogens is 394 g/mol. The van der Waals surface area contributed by atoms with E-state index in [0.717, 1.165) is 4.31 Å². The number of nitrogens with one attached hydrogen (secondary N) is 1. The summed E-state index contributed by atoms with van der Waals surface area (Å²) in [6.07, 6.45) is 0. The number of sulfonamides is 1. The number of nitrogens with zero attached hydrogens (tertiary/aromatic N) is 2. The topological polar surface area (TPSA) is 88.2 Å². The molecule has 9 heteroatoms. The molecule has 0 aliphatic heterocycles. The predicted octanol–water partition coefficient (Wildman–Crippen LogP) is 1.58. The molecule has 0 fully saturated rings. The Morgan fingerprint density at radius 2 is 1.72 bits per heavy atom. The van der Waals surface area contributed by atoms with Crippen molar-refractivity contribution >= 4 is 21.6 Å². The van der Waals surface area contributed by atoms with Gasteiger partial charge in [-0.1, -0.05) is 18.2 Å². The van der Waals surface area contributed by atoms with Crippen molar-refractivity contribution < 1.29 is 22.7 Å². The quantitative estimate of drug-likeness (QED) is 0.627. The first-order valence-corrected chi connectivity index (χ1v) is 10.4. The highest BCUT2D eigenvalue weighted by Crippen LogP contribution is 2.35. The number of carbonyl (C=O) groups excluding carboxylic acids is 1. The monoisotopic (exact) mass is 421 g/mol. The molecule has 0 spiro atoms. The summed E-state index contributed by atoms with van der Waals surface area (Å²) in [5.41, 5.74) is 0.250. The molecule has 29 heavy (non-hydrogen) atoms. The molecule has 2 rings (SSSR count). The number of ether oxygens (including phenoxy) is 2. The molecule has 0 atom stereocenters. The third-order valence-electron chi connectivity index (χ3n) is 4.16. The maximum absolute atomic E-state index is 13.3. The van der Waals surface area contributed by atoms with Crippen molar-refractivity contribution in [2.45, 2.75) is 4.90 Å². The average Bonchev–Trinajstić information content (AvgIpc) is 2.71. The number of benzene rings is 2. The van der Waals surface area contributed by atoms with E-state index < -0.39 is 15.9 Å². The third-order valence-corrected chi connectivity index (χ3v) is 5.93. The molecule has 158 valence electrons. The van der Waals surface area contributed by atoms with Crippen LogP contribution in [0.1, 0.15) is 0 Å². The Bertz CT molecular complexity index is 917. The number of rotatable bonds is 10. The van der Waals surface area contributed by atoms with Crippen LogP contribution in [0.3, 0.4) is 0 Å². The molecule has 0 radical (unpaired) electrons. The second-order valence-electron chi connectivity index (χ2n) is 6.52. The van der Waals surface area contributed by atoms with Gasteiger partial charge >= 0.3 is 0 Å². The van der Waals surface area contributed by atoms with Crippen LogP contribution in [-0.2, 0) is 14.8 Å². The minimum Gasteiger partial charge on any atom is -0.497 e. The van der Waals surface area contributed by atoms with E-state index in [-0.39, 0.29) is 22.9 Å². The molecule has 0 aliphatic rings. The van der Waals surface area contributed by atoms with Crippen molar-refractivity contribution in [3.63, 3.8) is 0 Å². The van der Waals surface area contributed by atoms with Crippen LogP contribution in [0.25, 0.3) is 0 Å². The molecule has 2 aromatic carbocycles. The molecular formula is C20H27N3O5S. The Morgan fingerprint density at radius 3 is 2.31 bits per heavy atom. The summed E-state index contributed by atoms with van der Waals surface area (Å²) >= 11 is 0. The fourth-order valence-corrected chi connectivity index (χ4v) is 4.07. The number of likely N-dealkylation sites (N-methyl/N-ethyl adjacent to an activating group) is 1. The number of anilines is 1. The third kappa shape index (κ3) is 5.85. The molecule has 0 bridgehead atoms. The lowest BCUT2D eigenvalue weighted by Gasteiger charge is -2.26. The van der Waals surface area contributed by atoms with E-state index in [1.165, 1.54) is 26.4 Å². The van der Waals surface area contributed by atoms with E-state index in [0.29, 0.717) is 18.8 Å².